The van der Waals surface area contributed by atoms with Gasteiger partial charge in [0.15, 0.2) is 5.76 Å². The molecule has 1 fully saturated rings. The lowest BCUT2D eigenvalue weighted by Crippen LogP contribution is -2.53. The van der Waals surface area contributed by atoms with Crippen LogP contribution in [0.3, 0.4) is 0 Å². The van der Waals surface area contributed by atoms with Crippen molar-refractivity contribution in [2.45, 2.75) is 25.2 Å². The molecule has 3 aromatic rings. The van der Waals surface area contributed by atoms with E-state index in [4.69, 9.17) is 4.42 Å². The molecule has 3 N–H and O–H groups in total. The van der Waals surface area contributed by atoms with Gasteiger partial charge in [-0.3, -0.25) is 14.4 Å². The number of benzene rings is 2. The number of piperidine rings is 1. The molecule has 4 rings (SSSR count). The predicted octanol–water partition coefficient (Wildman–Crippen LogP) is 3.63. The average Bonchev–Trinajstić information content (AvgIpc) is 3.32. The summed E-state index contributed by atoms with van der Waals surface area (Å²) < 4.78 is 5.11. The molecule has 0 saturated carbocycles. The van der Waals surface area contributed by atoms with E-state index in [0.29, 0.717) is 24.2 Å². The topological polar surface area (TPSA) is 100 Å². The quantitative estimate of drug-likeness (QED) is 0.590. The molecule has 1 aliphatic heterocycles. The number of hydrogen-bond acceptors (Lipinski definition) is 4. The summed E-state index contributed by atoms with van der Waals surface area (Å²) in [5, 5.41) is 8.63. The third-order valence-corrected chi connectivity index (χ3v) is 5.60. The normalized spacial score (nSPS) is 18.2. The van der Waals surface area contributed by atoms with Crippen molar-refractivity contribution >= 4 is 29.1 Å². The van der Waals surface area contributed by atoms with Crippen LogP contribution >= 0.6 is 0 Å². The fourth-order valence-corrected chi connectivity index (χ4v) is 3.81. The van der Waals surface area contributed by atoms with Crippen molar-refractivity contribution in [1.29, 1.82) is 0 Å². The van der Waals surface area contributed by atoms with E-state index in [1.165, 1.54) is 6.26 Å². The molecule has 1 atom stereocenters. The Labute approximate surface area is 179 Å². The second-order valence-corrected chi connectivity index (χ2v) is 7.64. The van der Waals surface area contributed by atoms with Crippen LogP contribution in [0.15, 0.2) is 71.3 Å². The SMILES string of the molecule is Cc1cc(NC(=O)C2(c3ccccc3)CCC(=O)NC2)ccc1NC(=O)c1ccco1. The first kappa shape index (κ1) is 20.4. The van der Waals surface area contributed by atoms with Gasteiger partial charge in [-0.1, -0.05) is 30.3 Å². The van der Waals surface area contributed by atoms with E-state index in [2.05, 4.69) is 16.0 Å². The summed E-state index contributed by atoms with van der Waals surface area (Å²) in [6, 6.07) is 18.0. The third-order valence-electron chi connectivity index (χ3n) is 5.60. The third kappa shape index (κ3) is 4.21. The van der Waals surface area contributed by atoms with E-state index in [1.807, 2.05) is 37.3 Å². The number of hydrogen-bond donors (Lipinski definition) is 3. The van der Waals surface area contributed by atoms with Gasteiger partial charge in [0.1, 0.15) is 0 Å². The molecule has 0 aliphatic carbocycles. The number of rotatable bonds is 5. The number of nitrogens with one attached hydrogen (secondary N) is 3. The summed E-state index contributed by atoms with van der Waals surface area (Å²) in [4.78, 5) is 37.3. The second kappa shape index (κ2) is 8.47. The second-order valence-electron chi connectivity index (χ2n) is 7.64. The van der Waals surface area contributed by atoms with Gasteiger partial charge in [0.25, 0.3) is 5.91 Å². The molecule has 2 aromatic carbocycles. The van der Waals surface area contributed by atoms with Crippen LogP contribution in [0, 0.1) is 6.92 Å². The number of carbonyl (C=O) groups is 3. The van der Waals surface area contributed by atoms with Crippen LogP contribution in [0.4, 0.5) is 11.4 Å². The van der Waals surface area contributed by atoms with Gasteiger partial charge in [-0.25, -0.2) is 0 Å². The molecule has 0 spiro atoms. The van der Waals surface area contributed by atoms with E-state index < -0.39 is 5.41 Å². The van der Waals surface area contributed by atoms with Crippen molar-refractivity contribution in [2.24, 2.45) is 0 Å². The predicted molar refractivity (Wildman–Crippen MR) is 117 cm³/mol. The summed E-state index contributed by atoms with van der Waals surface area (Å²) in [6.07, 6.45) is 2.17. The highest BCUT2D eigenvalue weighted by Gasteiger charge is 2.43. The van der Waals surface area contributed by atoms with E-state index in [1.54, 1.807) is 30.3 Å². The van der Waals surface area contributed by atoms with Crippen LogP contribution in [0.2, 0.25) is 0 Å². The summed E-state index contributed by atoms with van der Waals surface area (Å²) >= 11 is 0. The van der Waals surface area contributed by atoms with Gasteiger partial charge in [0.2, 0.25) is 11.8 Å². The maximum Gasteiger partial charge on any atom is 0.291 e. The first-order valence-corrected chi connectivity index (χ1v) is 10.1. The summed E-state index contributed by atoms with van der Waals surface area (Å²) in [6.45, 7) is 2.10. The molecule has 158 valence electrons. The lowest BCUT2D eigenvalue weighted by atomic mass is 9.73. The van der Waals surface area contributed by atoms with Crippen molar-refractivity contribution < 1.29 is 18.8 Å². The highest BCUT2D eigenvalue weighted by Crippen LogP contribution is 2.33. The maximum atomic E-state index is 13.4. The monoisotopic (exact) mass is 417 g/mol. The number of amides is 3. The Hall–Kier alpha value is -3.87. The van der Waals surface area contributed by atoms with Gasteiger partial charge in [-0.05, 0) is 54.8 Å². The van der Waals surface area contributed by atoms with Gasteiger partial charge < -0.3 is 20.4 Å². The molecule has 3 amide bonds. The summed E-state index contributed by atoms with van der Waals surface area (Å²) in [5.74, 6) is -0.343. The van der Waals surface area contributed by atoms with Crippen molar-refractivity contribution in [1.82, 2.24) is 5.32 Å². The number of anilines is 2. The van der Waals surface area contributed by atoms with Gasteiger partial charge in [-0.15, -0.1) is 0 Å². The van der Waals surface area contributed by atoms with Gasteiger partial charge in [0, 0.05) is 24.3 Å². The Morgan fingerprint density at radius 1 is 1.03 bits per heavy atom. The average molecular weight is 417 g/mol. The van der Waals surface area contributed by atoms with E-state index in [-0.39, 0.29) is 30.0 Å². The zero-order valence-electron chi connectivity index (χ0n) is 17.1. The highest BCUT2D eigenvalue weighted by atomic mass is 16.3. The van der Waals surface area contributed by atoms with Crippen molar-refractivity contribution in [3.63, 3.8) is 0 Å². The Bertz CT molecular complexity index is 1100. The largest absolute Gasteiger partial charge is 0.459 e. The van der Waals surface area contributed by atoms with Crippen LogP contribution in [0.25, 0.3) is 0 Å². The van der Waals surface area contributed by atoms with Crippen molar-refractivity contribution in [2.75, 3.05) is 17.2 Å². The van der Waals surface area contributed by atoms with Gasteiger partial charge in [0.05, 0.1) is 11.7 Å². The molecule has 1 aromatic heterocycles. The molecule has 0 radical (unpaired) electrons. The molecule has 2 heterocycles. The fourth-order valence-electron chi connectivity index (χ4n) is 3.81. The minimum Gasteiger partial charge on any atom is -0.459 e. The number of carbonyl (C=O) groups excluding carboxylic acids is 3. The minimum absolute atomic E-state index is 0.0492. The Balaban J connectivity index is 1.53. The van der Waals surface area contributed by atoms with E-state index in [9.17, 15) is 14.4 Å². The number of aryl methyl sites for hydroxylation is 1. The van der Waals surface area contributed by atoms with Crippen molar-refractivity contribution in [3.8, 4) is 0 Å². The summed E-state index contributed by atoms with van der Waals surface area (Å²) in [5.41, 5.74) is 2.07. The maximum absolute atomic E-state index is 13.4. The van der Waals surface area contributed by atoms with Crippen LogP contribution in [0.5, 0.6) is 0 Å². The van der Waals surface area contributed by atoms with Gasteiger partial charge >= 0.3 is 0 Å². The molecule has 1 aliphatic rings. The lowest BCUT2D eigenvalue weighted by molar-refractivity contribution is -0.127. The molecule has 31 heavy (non-hydrogen) atoms. The zero-order valence-corrected chi connectivity index (χ0v) is 17.1. The molecule has 7 heteroatoms. The first-order chi connectivity index (χ1) is 15.0. The molecule has 1 unspecified atom stereocenters. The zero-order chi connectivity index (χ0) is 21.8. The van der Waals surface area contributed by atoms with Gasteiger partial charge in [-0.2, -0.15) is 0 Å². The standard InChI is InChI=1S/C24H23N3O4/c1-16-14-18(9-10-19(16)27-22(29)20-8-5-13-31-20)26-23(30)24(12-11-21(28)25-15-24)17-6-3-2-4-7-17/h2-10,13-14H,11-12,15H2,1H3,(H,25,28)(H,26,30)(H,27,29). The molecule has 1 saturated heterocycles. The highest BCUT2D eigenvalue weighted by molar-refractivity contribution is 6.03. The van der Waals surface area contributed by atoms with Crippen LogP contribution < -0.4 is 16.0 Å². The van der Waals surface area contributed by atoms with E-state index in [0.717, 1.165) is 11.1 Å². The molecule has 0 bridgehead atoms. The Kier molecular flexibility index (Phi) is 5.58. The first-order valence-electron chi connectivity index (χ1n) is 10.1. The fraction of sp³-hybridized carbons (Fsp3) is 0.208. The molecular formula is C24H23N3O4. The van der Waals surface area contributed by atoms with E-state index >= 15 is 0 Å². The summed E-state index contributed by atoms with van der Waals surface area (Å²) in [7, 11) is 0. The molecular weight excluding hydrogens is 394 g/mol. The smallest absolute Gasteiger partial charge is 0.291 e. The Morgan fingerprint density at radius 2 is 1.84 bits per heavy atom. The molecule has 7 nitrogen and oxygen atoms in total. The number of furan rings is 1. The van der Waals surface area contributed by atoms with Crippen LogP contribution in [-0.4, -0.2) is 24.3 Å². The van der Waals surface area contributed by atoms with Crippen LogP contribution in [-0.2, 0) is 15.0 Å². The lowest BCUT2D eigenvalue weighted by Gasteiger charge is -2.36. The Morgan fingerprint density at radius 3 is 2.48 bits per heavy atom. The minimum atomic E-state index is -0.838. The van der Waals surface area contributed by atoms with Crippen LogP contribution in [0.1, 0.15) is 34.5 Å². The van der Waals surface area contributed by atoms with Crippen molar-refractivity contribution in [3.05, 3.63) is 83.8 Å².